The van der Waals surface area contributed by atoms with Gasteiger partial charge in [-0.05, 0) is 37.1 Å². The zero-order valence-corrected chi connectivity index (χ0v) is 14.5. The van der Waals surface area contributed by atoms with Crippen molar-refractivity contribution < 1.29 is 18.9 Å². The maximum Gasteiger partial charge on any atom is 0.433 e. The monoisotopic (exact) mass is 369 g/mol. The summed E-state index contributed by atoms with van der Waals surface area (Å²) in [5.74, 6) is -0.506. The van der Waals surface area contributed by atoms with Crippen molar-refractivity contribution >= 4 is 29.5 Å². The Balaban J connectivity index is 1.49. The fraction of sp³-hybridized carbons (Fsp3) is 0.263. The minimum atomic E-state index is -0.634. The molecule has 8 nitrogen and oxygen atoms in total. The summed E-state index contributed by atoms with van der Waals surface area (Å²) in [4.78, 5) is 36.2. The van der Waals surface area contributed by atoms with Gasteiger partial charge in [-0.15, -0.1) is 0 Å². The van der Waals surface area contributed by atoms with Crippen LogP contribution in [0.4, 0.5) is 11.6 Å². The number of nitro groups is 1. The molecular weight excluding hydrogens is 350 g/mol. The highest BCUT2D eigenvalue weighted by Gasteiger charge is 2.26. The van der Waals surface area contributed by atoms with Gasteiger partial charge in [0, 0.05) is 30.8 Å². The first kappa shape index (κ1) is 18.4. The summed E-state index contributed by atoms with van der Waals surface area (Å²) < 4.78 is 4.98. The normalized spacial score (nSPS) is 15.0. The Labute approximate surface area is 155 Å². The second kappa shape index (κ2) is 8.31. The van der Waals surface area contributed by atoms with E-state index in [-0.39, 0.29) is 29.4 Å². The number of benzene rings is 1. The molecule has 1 aliphatic heterocycles. The van der Waals surface area contributed by atoms with Crippen LogP contribution in [0.25, 0.3) is 6.08 Å². The van der Waals surface area contributed by atoms with Crippen LogP contribution in [0.5, 0.6) is 0 Å². The third-order valence-corrected chi connectivity index (χ3v) is 4.40. The summed E-state index contributed by atoms with van der Waals surface area (Å²) in [6.45, 7) is 0.961. The summed E-state index contributed by atoms with van der Waals surface area (Å²) in [6.07, 6.45) is 3.91. The number of rotatable bonds is 5. The molecule has 2 amide bonds. The second-order valence-corrected chi connectivity index (χ2v) is 6.22. The highest BCUT2D eigenvalue weighted by atomic mass is 16.6. The molecule has 3 rings (SSSR count). The van der Waals surface area contributed by atoms with Crippen molar-refractivity contribution in [1.29, 1.82) is 0 Å². The molecule has 1 aromatic carbocycles. The average molecular weight is 369 g/mol. The number of likely N-dealkylation sites (tertiary alicyclic amines) is 1. The largest absolute Gasteiger partial charge is 0.433 e. The number of carbonyl (C=O) groups excluding carboxylic acids is 2. The highest BCUT2D eigenvalue weighted by Crippen LogP contribution is 2.21. The maximum atomic E-state index is 12.3. The van der Waals surface area contributed by atoms with Crippen LogP contribution in [0, 0.1) is 16.0 Å². The molecule has 27 heavy (non-hydrogen) atoms. The number of nitrogens with zero attached hydrogens (tertiary/aromatic N) is 2. The van der Waals surface area contributed by atoms with Crippen molar-refractivity contribution in [2.75, 3.05) is 18.4 Å². The van der Waals surface area contributed by atoms with Gasteiger partial charge in [0.05, 0.1) is 6.07 Å². The summed E-state index contributed by atoms with van der Waals surface area (Å²) in [7, 11) is 0. The maximum absolute atomic E-state index is 12.3. The number of anilines is 1. The van der Waals surface area contributed by atoms with Gasteiger partial charge in [0.2, 0.25) is 11.8 Å². The van der Waals surface area contributed by atoms with Gasteiger partial charge in [-0.3, -0.25) is 19.7 Å². The van der Waals surface area contributed by atoms with Crippen LogP contribution in [0.3, 0.4) is 0 Å². The number of piperidine rings is 1. The van der Waals surface area contributed by atoms with Crippen molar-refractivity contribution in [2.45, 2.75) is 12.8 Å². The van der Waals surface area contributed by atoms with Crippen LogP contribution >= 0.6 is 0 Å². The molecule has 2 aromatic rings. The molecule has 8 heteroatoms. The van der Waals surface area contributed by atoms with Gasteiger partial charge in [0.1, 0.15) is 10.7 Å². The van der Waals surface area contributed by atoms with Gasteiger partial charge in [-0.1, -0.05) is 18.2 Å². The van der Waals surface area contributed by atoms with Gasteiger partial charge in [-0.25, -0.2) is 0 Å². The number of hydrogen-bond acceptors (Lipinski definition) is 5. The first-order valence-corrected chi connectivity index (χ1v) is 8.60. The van der Waals surface area contributed by atoms with E-state index in [2.05, 4.69) is 5.32 Å². The Kier molecular flexibility index (Phi) is 5.65. The Hall–Kier alpha value is -3.42. The Morgan fingerprint density at radius 3 is 2.48 bits per heavy atom. The number of furan rings is 1. The third kappa shape index (κ3) is 4.81. The van der Waals surface area contributed by atoms with E-state index in [9.17, 15) is 19.7 Å². The Morgan fingerprint density at radius 1 is 1.15 bits per heavy atom. The Bertz CT molecular complexity index is 851. The van der Waals surface area contributed by atoms with Crippen LogP contribution < -0.4 is 5.32 Å². The van der Waals surface area contributed by atoms with E-state index in [4.69, 9.17) is 4.42 Å². The molecule has 0 saturated carbocycles. The molecule has 2 heterocycles. The first-order chi connectivity index (χ1) is 13.0. The lowest BCUT2D eigenvalue weighted by Crippen LogP contribution is -2.40. The molecular formula is C19H19N3O5. The molecule has 1 aromatic heterocycles. The zero-order chi connectivity index (χ0) is 19.2. The van der Waals surface area contributed by atoms with E-state index in [1.807, 2.05) is 30.3 Å². The number of nitrogens with one attached hydrogen (secondary N) is 1. The quantitative estimate of drug-likeness (QED) is 0.495. The van der Waals surface area contributed by atoms with E-state index < -0.39 is 4.92 Å². The van der Waals surface area contributed by atoms with E-state index in [0.29, 0.717) is 25.9 Å². The molecule has 0 aliphatic carbocycles. The molecule has 0 bridgehead atoms. The smallest absolute Gasteiger partial charge is 0.401 e. The first-order valence-electron chi connectivity index (χ1n) is 8.60. The SMILES string of the molecule is O=C(Nc1ccccc1)C1CCN(C(=O)/C=C/c2ccc([N+](=O)[O-])o2)CC1. The van der Waals surface area contributed by atoms with Gasteiger partial charge < -0.3 is 14.6 Å². The Morgan fingerprint density at radius 2 is 1.85 bits per heavy atom. The standard InChI is InChI=1S/C19H19N3O5/c23-17(8-6-16-7-9-18(27-16)22(25)26)21-12-10-14(11-13-21)19(24)20-15-4-2-1-3-5-15/h1-9,14H,10-13H2,(H,20,24)/b8-6+. The summed E-state index contributed by atoms with van der Waals surface area (Å²) in [6, 6.07) is 11.9. The minimum absolute atomic E-state index is 0.0354. The van der Waals surface area contributed by atoms with E-state index in [0.717, 1.165) is 5.69 Å². The topological polar surface area (TPSA) is 106 Å². The molecule has 0 unspecified atom stereocenters. The number of carbonyl (C=O) groups is 2. The highest BCUT2D eigenvalue weighted by molar-refractivity contribution is 5.93. The van der Waals surface area contributed by atoms with Crippen molar-refractivity contribution in [3.63, 3.8) is 0 Å². The number of amides is 2. The van der Waals surface area contributed by atoms with E-state index in [1.165, 1.54) is 24.3 Å². The predicted octanol–water partition coefficient (Wildman–Crippen LogP) is 3.08. The molecule has 140 valence electrons. The fourth-order valence-corrected chi connectivity index (χ4v) is 2.92. The van der Waals surface area contributed by atoms with Crippen LogP contribution in [-0.4, -0.2) is 34.7 Å². The van der Waals surface area contributed by atoms with Crippen LogP contribution in [-0.2, 0) is 9.59 Å². The molecule has 1 aliphatic rings. The van der Waals surface area contributed by atoms with Crippen molar-refractivity contribution in [3.05, 3.63) is 64.4 Å². The molecule has 0 spiro atoms. The van der Waals surface area contributed by atoms with Gasteiger partial charge in [-0.2, -0.15) is 0 Å². The number of hydrogen-bond donors (Lipinski definition) is 1. The third-order valence-electron chi connectivity index (χ3n) is 4.40. The van der Waals surface area contributed by atoms with Gasteiger partial charge in [0.15, 0.2) is 0 Å². The van der Waals surface area contributed by atoms with E-state index in [1.54, 1.807) is 4.90 Å². The molecule has 0 radical (unpaired) electrons. The molecule has 1 N–H and O–H groups in total. The lowest BCUT2D eigenvalue weighted by Gasteiger charge is -2.30. The average Bonchev–Trinajstić information content (AvgIpc) is 3.16. The fourth-order valence-electron chi connectivity index (χ4n) is 2.92. The second-order valence-electron chi connectivity index (χ2n) is 6.22. The summed E-state index contributed by atoms with van der Waals surface area (Å²) in [5.41, 5.74) is 0.761. The zero-order valence-electron chi connectivity index (χ0n) is 14.5. The van der Waals surface area contributed by atoms with Crippen molar-refractivity contribution in [2.24, 2.45) is 5.92 Å². The van der Waals surface area contributed by atoms with Crippen LogP contribution in [0.2, 0.25) is 0 Å². The number of para-hydroxylation sites is 1. The lowest BCUT2D eigenvalue weighted by atomic mass is 9.95. The van der Waals surface area contributed by atoms with Gasteiger partial charge >= 0.3 is 5.88 Å². The van der Waals surface area contributed by atoms with Crippen LogP contribution in [0.1, 0.15) is 18.6 Å². The summed E-state index contributed by atoms with van der Waals surface area (Å²) >= 11 is 0. The molecule has 1 fully saturated rings. The van der Waals surface area contributed by atoms with E-state index >= 15 is 0 Å². The summed E-state index contributed by atoms with van der Waals surface area (Å²) in [5, 5.41) is 13.5. The lowest BCUT2D eigenvalue weighted by molar-refractivity contribution is -0.402. The van der Waals surface area contributed by atoms with Crippen molar-refractivity contribution in [1.82, 2.24) is 4.90 Å². The predicted molar refractivity (Wildman–Crippen MR) is 98.8 cm³/mol. The molecule has 1 saturated heterocycles. The van der Waals surface area contributed by atoms with Crippen LogP contribution in [0.15, 0.2) is 53.0 Å². The van der Waals surface area contributed by atoms with Crippen molar-refractivity contribution in [3.8, 4) is 0 Å². The van der Waals surface area contributed by atoms with Gasteiger partial charge in [0.25, 0.3) is 0 Å². The molecule has 0 atom stereocenters. The minimum Gasteiger partial charge on any atom is -0.401 e.